The van der Waals surface area contributed by atoms with E-state index in [9.17, 15) is 18.0 Å². The number of sulfonamides is 1. The minimum absolute atomic E-state index is 0.0287. The lowest BCUT2D eigenvalue weighted by Crippen LogP contribution is -2.51. The van der Waals surface area contributed by atoms with E-state index in [0.717, 1.165) is 37.5 Å². The Balaban J connectivity index is 1.82. The van der Waals surface area contributed by atoms with Gasteiger partial charge >= 0.3 is 0 Å². The molecule has 11 heteroatoms. The van der Waals surface area contributed by atoms with Gasteiger partial charge in [0.2, 0.25) is 21.8 Å². The molecule has 1 aliphatic carbocycles. The number of rotatable bonds is 12. The molecule has 1 atom stereocenters. The van der Waals surface area contributed by atoms with E-state index in [1.165, 1.54) is 15.6 Å². The monoisotopic (exact) mass is 629 g/mol. The Labute approximate surface area is 253 Å². The topological polar surface area (TPSA) is 86.8 Å². The number of anilines is 1. The average molecular weight is 631 g/mol. The van der Waals surface area contributed by atoms with Crippen LogP contribution in [0, 0.1) is 6.92 Å². The Hall–Kier alpha value is -2.00. The van der Waals surface area contributed by atoms with E-state index in [1.807, 2.05) is 6.92 Å². The lowest BCUT2D eigenvalue weighted by molar-refractivity contribution is -0.141. The quantitative estimate of drug-likeness (QED) is 0.281. The van der Waals surface area contributed by atoms with Gasteiger partial charge in [-0.05, 0) is 62.4 Å². The van der Waals surface area contributed by atoms with E-state index in [2.05, 4.69) is 5.32 Å². The van der Waals surface area contributed by atoms with Crippen LogP contribution in [0.3, 0.4) is 0 Å². The van der Waals surface area contributed by atoms with E-state index in [0.29, 0.717) is 32.7 Å². The Morgan fingerprint density at radius 2 is 1.70 bits per heavy atom. The Kier molecular flexibility index (Phi) is 12.0. The van der Waals surface area contributed by atoms with Crippen LogP contribution >= 0.6 is 34.8 Å². The zero-order valence-electron chi connectivity index (χ0n) is 23.3. The van der Waals surface area contributed by atoms with Gasteiger partial charge < -0.3 is 10.2 Å². The van der Waals surface area contributed by atoms with Crippen LogP contribution in [0.2, 0.25) is 15.1 Å². The van der Waals surface area contributed by atoms with E-state index < -0.39 is 16.1 Å². The molecule has 0 radical (unpaired) electrons. The summed E-state index contributed by atoms with van der Waals surface area (Å²) in [6.45, 7) is 3.82. The summed E-state index contributed by atoms with van der Waals surface area (Å²) in [7, 11) is -3.64. The number of hydrogen-bond donors (Lipinski definition) is 1. The summed E-state index contributed by atoms with van der Waals surface area (Å²) in [6, 6.07) is 9.57. The van der Waals surface area contributed by atoms with Crippen LogP contribution in [0.25, 0.3) is 0 Å². The van der Waals surface area contributed by atoms with Crippen molar-refractivity contribution in [1.29, 1.82) is 0 Å². The summed E-state index contributed by atoms with van der Waals surface area (Å²) in [5.41, 5.74) is 1.79. The fourth-order valence-electron chi connectivity index (χ4n) is 5.15. The number of benzene rings is 2. The van der Waals surface area contributed by atoms with Gasteiger partial charge in [0.25, 0.3) is 0 Å². The number of aryl methyl sites for hydroxylation is 1. The van der Waals surface area contributed by atoms with Gasteiger partial charge in [0.15, 0.2) is 0 Å². The standard InChI is InChI=1S/C29H38Cl3N3O4S/c1-4-26(29(37)33-22-10-6-5-7-11-22)34(19-23-24(31)12-8-13-25(23)32)28(36)14-9-17-35(40(3,38)39)27-18-21(30)16-15-20(27)2/h8,12-13,15-16,18,22,26H,4-7,9-11,14,17,19H2,1-3H3,(H,33,37)/t26-/m1/s1. The van der Waals surface area contributed by atoms with Crippen LogP contribution in [0.1, 0.15) is 69.4 Å². The highest BCUT2D eigenvalue weighted by atomic mass is 35.5. The molecule has 1 N–H and O–H groups in total. The van der Waals surface area contributed by atoms with E-state index in [1.54, 1.807) is 43.3 Å². The number of amides is 2. The Morgan fingerprint density at radius 3 is 2.30 bits per heavy atom. The lowest BCUT2D eigenvalue weighted by Gasteiger charge is -2.33. The lowest BCUT2D eigenvalue weighted by atomic mass is 9.95. The van der Waals surface area contributed by atoms with Crippen molar-refractivity contribution in [3.8, 4) is 0 Å². The third kappa shape index (κ3) is 8.75. The van der Waals surface area contributed by atoms with Crippen molar-refractivity contribution in [3.05, 3.63) is 62.6 Å². The van der Waals surface area contributed by atoms with Gasteiger partial charge in [-0.3, -0.25) is 13.9 Å². The smallest absolute Gasteiger partial charge is 0.243 e. The molecule has 2 aromatic carbocycles. The van der Waals surface area contributed by atoms with E-state index >= 15 is 0 Å². The molecule has 7 nitrogen and oxygen atoms in total. The molecule has 2 aromatic rings. The Morgan fingerprint density at radius 1 is 1.05 bits per heavy atom. The second kappa shape index (κ2) is 14.8. The van der Waals surface area contributed by atoms with Crippen molar-refractivity contribution < 1.29 is 18.0 Å². The zero-order chi connectivity index (χ0) is 29.4. The molecule has 0 aliphatic heterocycles. The van der Waals surface area contributed by atoms with Crippen molar-refractivity contribution in [1.82, 2.24) is 10.2 Å². The molecule has 40 heavy (non-hydrogen) atoms. The summed E-state index contributed by atoms with van der Waals surface area (Å²) in [5, 5.41) is 4.39. The first-order chi connectivity index (χ1) is 18.9. The van der Waals surface area contributed by atoms with Crippen molar-refractivity contribution in [2.45, 2.75) is 83.8 Å². The first kappa shape index (κ1) is 32.5. The second-order valence-electron chi connectivity index (χ2n) is 10.4. The van der Waals surface area contributed by atoms with Crippen molar-refractivity contribution in [2.24, 2.45) is 0 Å². The maximum Gasteiger partial charge on any atom is 0.243 e. The van der Waals surface area contributed by atoms with Crippen LogP contribution in [0.4, 0.5) is 5.69 Å². The number of hydrogen-bond acceptors (Lipinski definition) is 4. The van der Waals surface area contributed by atoms with E-state index in [-0.39, 0.29) is 43.8 Å². The molecular formula is C29H38Cl3N3O4S. The SMILES string of the molecule is CC[C@H](C(=O)NC1CCCCC1)N(Cc1c(Cl)cccc1Cl)C(=O)CCCN(c1cc(Cl)ccc1C)S(C)(=O)=O. The maximum absolute atomic E-state index is 13.7. The predicted octanol–water partition coefficient (Wildman–Crippen LogP) is 6.76. The summed E-state index contributed by atoms with van der Waals surface area (Å²) in [6.07, 6.45) is 6.97. The van der Waals surface area contributed by atoms with Gasteiger partial charge in [0, 0.05) is 46.2 Å². The summed E-state index contributed by atoms with van der Waals surface area (Å²) in [5.74, 6) is -0.476. The van der Waals surface area contributed by atoms with Crippen LogP contribution in [0.5, 0.6) is 0 Å². The highest BCUT2D eigenvalue weighted by molar-refractivity contribution is 7.92. The highest BCUT2D eigenvalue weighted by Gasteiger charge is 2.31. The fraction of sp³-hybridized carbons (Fsp3) is 0.517. The molecule has 220 valence electrons. The Bertz CT molecular complexity index is 1280. The minimum atomic E-state index is -3.64. The van der Waals surface area contributed by atoms with E-state index in [4.69, 9.17) is 34.8 Å². The van der Waals surface area contributed by atoms with Gasteiger partial charge in [0.1, 0.15) is 6.04 Å². The molecule has 0 bridgehead atoms. The van der Waals surface area contributed by atoms with Crippen LogP contribution in [0.15, 0.2) is 36.4 Å². The van der Waals surface area contributed by atoms with Crippen molar-refractivity contribution >= 4 is 62.3 Å². The maximum atomic E-state index is 13.7. The molecule has 0 heterocycles. The van der Waals surface area contributed by atoms with Crippen LogP contribution < -0.4 is 9.62 Å². The predicted molar refractivity (Wildman–Crippen MR) is 164 cm³/mol. The normalized spacial score (nSPS) is 14.9. The number of halogens is 3. The van der Waals surface area contributed by atoms with Gasteiger partial charge in [-0.25, -0.2) is 8.42 Å². The fourth-order valence-corrected chi connectivity index (χ4v) is 6.85. The number of nitrogens with zero attached hydrogens (tertiary/aromatic N) is 2. The summed E-state index contributed by atoms with van der Waals surface area (Å²) < 4.78 is 26.6. The molecule has 3 rings (SSSR count). The molecule has 0 aromatic heterocycles. The van der Waals surface area contributed by atoms with Gasteiger partial charge in [-0.2, -0.15) is 0 Å². The third-order valence-corrected chi connectivity index (χ3v) is 9.44. The molecule has 0 spiro atoms. The summed E-state index contributed by atoms with van der Waals surface area (Å²) >= 11 is 19.0. The molecule has 0 saturated heterocycles. The molecular weight excluding hydrogens is 593 g/mol. The molecule has 1 saturated carbocycles. The van der Waals surface area contributed by atoms with Crippen molar-refractivity contribution in [2.75, 3.05) is 17.1 Å². The molecule has 0 unspecified atom stereocenters. The summed E-state index contributed by atoms with van der Waals surface area (Å²) in [4.78, 5) is 28.7. The van der Waals surface area contributed by atoms with Crippen LogP contribution in [-0.4, -0.2) is 50.0 Å². The number of carbonyl (C=O) groups is 2. The van der Waals surface area contributed by atoms with Crippen LogP contribution in [-0.2, 0) is 26.2 Å². The molecule has 1 fully saturated rings. The van der Waals surface area contributed by atoms with Gasteiger partial charge in [0.05, 0.1) is 11.9 Å². The third-order valence-electron chi connectivity index (χ3n) is 7.32. The largest absolute Gasteiger partial charge is 0.352 e. The molecule has 2 amide bonds. The van der Waals surface area contributed by atoms with Crippen molar-refractivity contribution in [3.63, 3.8) is 0 Å². The highest BCUT2D eigenvalue weighted by Crippen LogP contribution is 2.29. The van der Waals surface area contributed by atoms with Gasteiger partial charge in [-0.1, -0.05) is 73.1 Å². The zero-order valence-corrected chi connectivity index (χ0v) is 26.3. The first-order valence-electron chi connectivity index (χ1n) is 13.7. The average Bonchev–Trinajstić information content (AvgIpc) is 2.89. The first-order valence-corrected chi connectivity index (χ1v) is 16.7. The van der Waals surface area contributed by atoms with Gasteiger partial charge in [-0.15, -0.1) is 0 Å². The molecule has 1 aliphatic rings. The minimum Gasteiger partial charge on any atom is -0.352 e. The number of carbonyl (C=O) groups excluding carboxylic acids is 2. The number of nitrogens with one attached hydrogen (secondary N) is 1. The second-order valence-corrected chi connectivity index (χ2v) is 13.5.